The fourth-order valence-corrected chi connectivity index (χ4v) is 3.84. The van der Waals surface area contributed by atoms with E-state index in [2.05, 4.69) is 5.43 Å². The van der Waals surface area contributed by atoms with Crippen LogP contribution in [0.4, 0.5) is 0 Å². The number of carbonyl (C=O) groups excluding carboxylic acids is 2. The zero-order chi connectivity index (χ0) is 18.5. The Morgan fingerprint density at radius 1 is 1.19 bits per heavy atom. The van der Waals surface area contributed by atoms with Crippen molar-refractivity contribution in [3.8, 4) is 5.75 Å². The number of amides is 2. The second-order valence-corrected chi connectivity index (χ2v) is 6.99. The van der Waals surface area contributed by atoms with Gasteiger partial charge in [-0.25, -0.2) is 5.01 Å². The average Bonchev–Trinajstić information content (AvgIpc) is 2.97. The van der Waals surface area contributed by atoms with E-state index in [0.29, 0.717) is 4.91 Å². The van der Waals surface area contributed by atoms with Gasteiger partial charge >= 0.3 is 0 Å². The summed E-state index contributed by atoms with van der Waals surface area (Å²) in [5.74, 6) is -0.877. The summed E-state index contributed by atoms with van der Waals surface area (Å²) in [5, 5.41) is 10.9. The van der Waals surface area contributed by atoms with Gasteiger partial charge in [0.15, 0.2) is 0 Å². The lowest BCUT2D eigenvalue weighted by Gasteiger charge is -2.24. The number of aromatic hydroxyl groups is 1. The van der Waals surface area contributed by atoms with E-state index in [-0.39, 0.29) is 22.6 Å². The molecule has 0 saturated carbocycles. The molecule has 1 saturated heterocycles. The molecular formula is C20H20N2O3S. The summed E-state index contributed by atoms with van der Waals surface area (Å²) >= 11 is 1.42. The molecule has 1 aliphatic rings. The smallest absolute Gasteiger partial charge is 0.279 e. The Bertz CT molecular complexity index is 836. The van der Waals surface area contributed by atoms with Crippen molar-refractivity contribution in [1.29, 1.82) is 0 Å². The van der Waals surface area contributed by atoms with Gasteiger partial charge in [-0.15, -0.1) is 0 Å². The molecule has 2 amide bonds. The van der Waals surface area contributed by atoms with Crippen LogP contribution < -0.4 is 5.43 Å². The number of hydrazine groups is 1. The molecule has 134 valence electrons. The minimum Gasteiger partial charge on any atom is -0.507 e. The van der Waals surface area contributed by atoms with Crippen LogP contribution in [0.3, 0.4) is 0 Å². The van der Waals surface area contributed by atoms with Crippen LogP contribution in [0.2, 0.25) is 0 Å². The van der Waals surface area contributed by atoms with Crippen LogP contribution in [0.15, 0.2) is 65.6 Å². The SMILES string of the molecule is CCC/C=C1/SC(c2ccccc2)N(NC(=O)c2ccccc2O)C1=O. The second kappa shape index (κ2) is 8.10. The number of hydrogen-bond donors (Lipinski definition) is 2. The van der Waals surface area contributed by atoms with E-state index < -0.39 is 5.91 Å². The molecule has 0 radical (unpaired) electrons. The summed E-state index contributed by atoms with van der Waals surface area (Å²) in [4.78, 5) is 26.0. The maximum Gasteiger partial charge on any atom is 0.279 e. The molecule has 2 aromatic carbocycles. The van der Waals surface area contributed by atoms with Gasteiger partial charge in [0.25, 0.3) is 11.8 Å². The Kier molecular flexibility index (Phi) is 5.63. The van der Waals surface area contributed by atoms with Gasteiger partial charge in [0.2, 0.25) is 0 Å². The molecule has 1 unspecified atom stereocenters. The van der Waals surface area contributed by atoms with Crippen molar-refractivity contribution in [1.82, 2.24) is 10.4 Å². The van der Waals surface area contributed by atoms with Crippen molar-refractivity contribution in [2.45, 2.75) is 25.1 Å². The molecule has 1 fully saturated rings. The van der Waals surface area contributed by atoms with E-state index in [4.69, 9.17) is 0 Å². The van der Waals surface area contributed by atoms with E-state index in [1.807, 2.05) is 43.3 Å². The maximum absolute atomic E-state index is 12.8. The van der Waals surface area contributed by atoms with Crippen molar-refractivity contribution >= 4 is 23.6 Å². The third kappa shape index (κ3) is 3.75. The monoisotopic (exact) mass is 368 g/mol. The quantitative estimate of drug-likeness (QED) is 0.783. The number of rotatable bonds is 5. The summed E-state index contributed by atoms with van der Waals surface area (Å²) in [6, 6.07) is 15.8. The van der Waals surface area contributed by atoms with E-state index >= 15 is 0 Å². The van der Waals surface area contributed by atoms with Crippen molar-refractivity contribution in [3.05, 3.63) is 76.7 Å². The highest BCUT2D eigenvalue weighted by Gasteiger charge is 2.38. The minimum absolute atomic E-state index is 0.123. The molecule has 1 atom stereocenters. The third-order valence-electron chi connectivity index (χ3n) is 3.98. The summed E-state index contributed by atoms with van der Waals surface area (Å²) in [6.45, 7) is 2.05. The summed E-state index contributed by atoms with van der Waals surface area (Å²) in [5.41, 5.74) is 3.71. The van der Waals surface area contributed by atoms with Crippen LogP contribution in [0.1, 0.15) is 41.1 Å². The minimum atomic E-state index is -0.519. The van der Waals surface area contributed by atoms with Crippen LogP contribution in [0.5, 0.6) is 5.75 Å². The van der Waals surface area contributed by atoms with Gasteiger partial charge in [-0.1, -0.05) is 73.6 Å². The van der Waals surface area contributed by atoms with Gasteiger partial charge in [-0.2, -0.15) is 0 Å². The lowest BCUT2D eigenvalue weighted by molar-refractivity contribution is -0.128. The first kappa shape index (κ1) is 18.1. The van der Waals surface area contributed by atoms with Crippen molar-refractivity contribution in [3.63, 3.8) is 0 Å². The van der Waals surface area contributed by atoms with Crippen molar-refractivity contribution in [2.24, 2.45) is 0 Å². The normalized spacial score (nSPS) is 18.3. The Hall–Kier alpha value is -2.73. The predicted octanol–water partition coefficient (Wildman–Crippen LogP) is 4.00. The molecule has 0 bridgehead atoms. The Labute approximate surface area is 156 Å². The van der Waals surface area contributed by atoms with E-state index in [1.54, 1.807) is 12.1 Å². The number of hydrogen-bond acceptors (Lipinski definition) is 4. The summed E-state index contributed by atoms with van der Waals surface area (Å²) in [6.07, 6.45) is 3.66. The number of nitrogens with one attached hydrogen (secondary N) is 1. The fourth-order valence-electron chi connectivity index (χ4n) is 2.64. The molecule has 6 heteroatoms. The summed E-state index contributed by atoms with van der Waals surface area (Å²) < 4.78 is 0. The van der Waals surface area contributed by atoms with E-state index in [9.17, 15) is 14.7 Å². The van der Waals surface area contributed by atoms with Gasteiger partial charge in [0.05, 0.1) is 10.5 Å². The van der Waals surface area contributed by atoms with Crippen LogP contribution in [0.25, 0.3) is 0 Å². The number of carbonyl (C=O) groups is 2. The molecule has 3 rings (SSSR count). The van der Waals surface area contributed by atoms with Gasteiger partial charge < -0.3 is 5.11 Å². The number of unbranched alkanes of at least 4 members (excludes halogenated alkanes) is 1. The Morgan fingerprint density at radius 2 is 1.88 bits per heavy atom. The average molecular weight is 368 g/mol. The van der Waals surface area contributed by atoms with Gasteiger partial charge in [-0.3, -0.25) is 15.0 Å². The second-order valence-electron chi connectivity index (χ2n) is 5.87. The third-order valence-corrected chi connectivity index (χ3v) is 5.28. The molecule has 26 heavy (non-hydrogen) atoms. The zero-order valence-electron chi connectivity index (χ0n) is 14.4. The van der Waals surface area contributed by atoms with Crippen molar-refractivity contribution < 1.29 is 14.7 Å². The fraction of sp³-hybridized carbons (Fsp3) is 0.200. The molecular weight excluding hydrogens is 348 g/mol. The number of thioether (sulfide) groups is 1. The molecule has 0 spiro atoms. The molecule has 5 nitrogen and oxygen atoms in total. The van der Waals surface area contributed by atoms with Gasteiger partial charge in [-0.05, 0) is 24.1 Å². The van der Waals surface area contributed by atoms with E-state index in [0.717, 1.165) is 18.4 Å². The number of phenols is 1. The molecule has 0 aromatic heterocycles. The van der Waals surface area contributed by atoms with Gasteiger partial charge in [0.1, 0.15) is 11.1 Å². The molecule has 2 N–H and O–H groups in total. The lowest BCUT2D eigenvalue weighted by Crippen LogP contribution is -2.44. The highest BCUT2D eigenvalue weighted by atomic mass is 32.2. The summed E-state index contributed by atoms with van der Waals surface area (Å²) in [7, 11) is 0. The highest BCUT2D eigenvalue weighted by molar-refractivity contribution is 8.04. The lowest BCUT2D eigenvalue weighted by atomic mass is 10.2. The number of benzene rings is 2. The Morgan fingerprint density at radius 3 is 2.58 bits per heavy atom. The zero-order valence-corrected chi connectivity index (χ0v) is 15.2. The largest absolute Gasteiger partial charge is 0.507 e. The molecule has 0 aliphatic carbocycles. The first-order chi connectivity index (χ1) is 12.6. The van der Waals surface area contributed by atoms with Gasteiger partial charge in [0, 0.05) is 0 Å². The number of phenolic OH excluding ortho intramolecular Hbond substituents is 1. The number of allylic oxidation sites excluding steroid dienone is 1. The van der Waals surface area contributed by atoms with Crippen LogP contribution >= 0.6 is 11.8 Å². The molecule has 1 heterocycles. The number of para-hydroxylation sites is 1. The van der Waals surface area contributed by atoms with Crippen molar-refractivity contribution in [2.75, 3.05) is 0 Å². The first-order valence-corrected chi connectivity index (χ1v) is 9.34. The first-order valence-electron chi connectivity index (χ1n) is 8.46. The predicted molar refractivity (Wildman–Crippen MR) is 102 cm³/mol. The van der Waals surface area contributed by atoms with Crippen LogP contribution in [0, 0.1) is 0 Å². The Balaban J connectivity index is 1.89. The maximum atomic E-state index is 12.8. The highest BCUT2D eigenvalue weighted by Crippen LogP contribution is 2.44. The molecule has 2 aromatic rings. The number of nitrogens with zero attached hydrogens (tertiary/aromatic N) is 1. The van der Waals surface area contributed by atoms with Crippen LogP contribution in [-0.4, -0.2) is 21.9 Å². The standard InChI is InChI=1S/C20H20N2O3S/c1-2-3-13-17-19(25)22(20(26-17)14-9-5-4-6-10-14)21-18(24)15-11-7-8-12-16(15)23/h4-13,20,23H,2-3H2,1H3,(H,21,24)/b17-13+. The molecule has 1 aliphatic heterocycles. The van der Waals surface area contributed by atoms with E-state index in [1.165, 1.54) is 28.9 Å². The van der Waals surface area contributed by atoms with Crippen LogP contribution in [-0.2, 0) is 4.79 Å². The topological polar surface area (TPSA) is 69.6 Å².